The SMILES string of the molecule is N#Cc1ccnc(N2CCC(CO)C2)c1N. The monoisotopic (exact) mass is 218 g/mol. The smallest absolute Gasteiger partial charge is 0.153 e. The molecule has 0 spiro atoms. The molecule has 1 aliphatic heterocycles. The average molecular weight is 218 g/mol. The maximum absolute atomic E-state index is 9.07. The van der Waals surface area contributed by atoms with Crippen LogP contribution in [0.1, 0.15) is 12.0 Å². The van der Waals surface area contributed by atoms with Crippen LogP contribution in [0.15, 0.2) is 12.3 Å². The third-order valence-corrected chi connectivity index (χ3v) is 2.93. The molecule has 0 radical (unpaired) electrons. The fraction of sp³-hybridized carbons (Fsp3) is 0.455. The second-order valence-corrected chi connectivity index (χ2v) is 3.99. The van der Waals surface area contributed by atoms with E-state index in [0.717, 1.165) is 19.5 Å². The molecule has 5 heteroatoms. The molecule has 1 aromatic rings. The highest BCUT2D eigenvalue weighted by atomic mass is 16.3. The van der Waals surface area contributed by atoms with Gasteiger partial charge in [-0.2, -0.15) is 5.26 Å². The normalized spacial score (nSPS) is 19.8. The summed E-state index contributed by atoms with van der Waals surface area (Å²) in [4.78, 5) is 6.23. The standard InChI is InChI=1S/C11H14N4O/c12-5-9-1-3-14-11(10(9)13)15-4-2-8(6-15)7-16/h1,3,8,16H,2,4,6-7,13H2. The molecular weight excluding hydrogens is 204 g/mol. The molecular formula is C11H14N4O. The molecule has 1 atom stereocenters. The van der Waals surface area contributed by atoms with E-state index in [4.69, 9.17) is 16.1 Å². The Kier molecular flexibility index (Phi) is 2.93. The summed E-state index contributed by atoms with van der Waals surface area (Å²) in [5.41, 5.74) is 6.76. The third kappa shape index (κ3) is 1.79. The van der Waals surface area contributed by atoms with Crippen LogP contribution < -0.4 is 10.6 Å². The van der Waals surface area contributed by atoms with Crippen LogP contribution in [-0.2, 0) is 0 Å². The molecule has 0 aromatic carbocycles. The molecule has 84 valence electrons. The Bertz CT molecular complexity index is 426. The predicted molar refractivity (Wildman–Crippen MR) is 60.8 cm³/mol. The number of hydrogen-bond donors (Lipinski definition) is 2. The number of anilines is 2. The first kappa shape index (κ1) is 10.7. The van der Waals surface area contributed by atoms with E-state index in [2.05, 4.69) is 4.98 Å². The number of nitrogen functional groups attached to an aromatic ring is 1. The van der Waals surface area contributed by atoms with E-state index in [1.165, 1.54) is 0 Å². The zero-order valence-electron chi connectivity index (χ0n) is 8.93. The van der Waals surface area contributed by atoms with E-state index in [0.29, 0.717) is 17.1 Å². The van der Waals surface area contributed by atoms with E-state index >= 15 is 0 Å². The summed E-state index contributed by atoms with van der Waals surface area (Å²) in [6.07, 6.45) is 2.53. The molecule has 1 saturated heterocycles. The molecule has 1 fully saturated rings. The Morgan fingerprint density at radius 2 is 2.50 bits per heavy atom. The van der Waals surface area contributed by atoms with Gasteiger partial charge in [-0.25, -0.2) is 4.98 Å². The van der Waals surface area contributed by atoms with Gasteiger partial charge in [0, 0.05) is 31.8 Å². The van der Waals surface area contributed by atoms with Crippen molar-refractivity contribution in [1.29, 1.82) is 5.26 Å². The van der Waals surface area contributed by atoms with Crippen molar-refractivity contribution in [2.75, 3.05) is 30.3 Å². The van der Waals surface area contributed by atoms with Gasteiger partial charge in [0.05, 0.1) is 11.3 Å². The van der Waals surface area contributed by atoms with E-state index in [1.807, 2.05) is 11.0 Å². The van der Waals surface area contributed by atoms with Crippen LogP contribution in [0, 0.1) is 17.2 Å². The summed E-state index contributed by atoms with van der Waals surface area (Å²) in [6, 6.07) is 3.65. The van der Waals surface area contributed by atoms with Crippen molar-refractivity contribution in [2.45, 2.75) is 6.42 Å². The first-order valence-electron chi connectivity index (χ1n) is 5.26. The van der Waals surface area contributed by atoms with Gasteiger partial charge >= 0.3 is 0 Å². The van der Waals surface area contributed by atoms with Gasteiger partial charge < -0.3 is 15.7 Å². The average Bonchev–Trinajstić information content (AvgIpc) is 2.78. The summed E-state index contributed by atoms with van der Waals surface area (Å²) in [6.45, 7) is 1.77. The lowest BCUT2D eigenvalue weighted by Gasteiger charge is -2.19. The number of aliphatic hydroxyl groups excluding tert-OH is 1. The topological polar surface area (TPSA) is 86.2 Å². The number of hydrogen-bond acceptors (Lipinski definition) is 5. The maximum Gasteiger partial charge on any atom is 0.153 e. The fourth-order valence-electron chi connectivity index (χ4n) is 1.99. The molecule has 0 bridgehead atoms. The van der Waals surface area contributed by atoms with E-state index in [9.17, 15) is 0 Å². The van der Waals surface area contributed by atoms with E-state index < -0.39 is 0 Å². The Morgan fingerprint density at radius 3 is 3.12 bits per heavy atom. The van der Waals surface area contributed by atoms with Crippen LogP contribution in [0.3, 0.4) is 0 Å². The van der Waals surface area contributed by atoms with Gasteiger partial charge in [-0.05, 0) is 12.5 Å². The van der Waals surface area contributed by atoms with E-state index in [1.54, 1.807) is 12.3 Å². The minimum Gasteiger partial charge on any atom is -0.396 e. The van der Waals surface area contributed by atoms with Crippen molar-refractivity contribution in [2.24, 2.45) is 5.92 Å². The highest BCUT2D eigenvalue weighted by molar-refractivity contribution is 5.70. The summed E-state index contributed by atoms with van der Waals surface area (Å²) in [5, 5.41) is 17.9. The van der Waals surface area contributed by atoms with Crippen molar-refractivity contribution >= 4 is 11.5 Å². The molecule has 1 unspecified atom stereocenters. The first-order chi connectivity index (χ1) is 7.76. The van der Waals surface area contributed by atoms with Crippen LogP contribution in [0.4, 0.5) is 11.5 Å². The van der Waals surface area contributed by atoms with Crippen molar-refractivity contribution in [1.82, 2.24) is 4.98 Å². The van der Waals surface area contributed by atoms with Crippen LogP contribution in [0.2, 0.25) is 0 Å². The highest BCUT2D eigenvalue weighted by Gasteiger charge is 2.24. The summed E-state index contributed by atoms with van der Waals surface area (Å²) in [7, 11) is 0. The lowest BCUT2D eigenvalue weighted by atomic mass is 10.1. The van der Waals surface area contributed by atoms with Gasteiger partial charge in [0.1, 0.15) is 6.07 Å². The minimum atomic E-state index is 0.189. The molecule has 16 heavy (non-hydrogen) atoms. The van der Waals surface area contributed by atoms with Gasteiger partial charge in [0.25, 0.3) is 0 Å². The molecule has 2 heterocycles. The van der Waals surface area contributed by atoms with Gasteiger partial charge in [-0.3, -0.25) is 0 Å². The molecule has 1 aliphatic rings. The van der Waals surface area contributed by atoms with Crippen molar-refractivity contribution < 1.29 is 5.11 Å². The quantitative estimate of drug-likeness (QED) is 0.748. The van der Waals surface area contributed by atoms with Crippen molar-refractivity contribution in [3.63, 3.8) is 0 Å². The van der Waals surface area contributed by atoms with Crippen molar-refractivity contribution in [3.8, 4) is 6.07 Å². The van der Waals surface area contributed by atoms with Crippen molar-refractivity contribution in [3.05, 3.63) is 17.8 Å². The lowest BCUT2D eigenvalue weighted by Crippen LogP contribution is -2.23. The highest BCUT2D eigenvalue weighted by Crippen LogP contribution is 2.28. The summed E-state index contributed by atoms with van der Waals surface area (Å²) >= 11 is 0. The van der Waals surface area contributed by atoms with Crippen LogP contribution in [0.5, 0.6) is 0 Å². The van der Waals surface area contributed by atoms with Gasteiger partial charge in [0.2, 0.25) is 0 Å². The molecule has 3 N–H and O–H groups in total. The van der Waals surface area contributed by atoms with Crippen LogP contribution in [0.25, 0.3) is 0 Å². The number of nitrogens with zero attached hydrogens (tertiary/aromatic N) is 3. The Labute approximate surface area is 94.1 Å². The van der Waals surface area contributed by atoms with E-state index in [-0.39, 0.29) is 12.5 Å². The second kappa shape index (κ2) is 4.37. The maximum atomic E-state index is 9.07. The van der Waals surface area contributed by atoms with Crippen LogP contribution in [-0.4, -0.2) is 29.8 Å². The Hall–Kier alpha value is -1.80. The zero-order valence-corrected chi connectivity index (χ0v) is 8.93. The predicted octanol–water partition coefficient (Wildman–Crippen LogP) is 0.354. The summed E-state index contributed by atoms with van der Waals surface area (Å²) in [5.74, 6) is 0.946. The number of nitriles is 1. The van der Waals surface area contributed by atoms with Gasteiger partial charge in [-0.1, -0.05) is 0 Å². The number of aromatic nitrogens is 1. The lowest BCUT2D eigenvalue weighted by molar-refractivity contribution is 0.238. The van der Waals surface area contributed by atoms with Gasteiger partial charge in [-0.15, -0.1) is 0 Å². The Morgan fingerprint density at radius 1 is 1.69 bits per heavy atom. The molecule has 1 aromatic heterocycles. The number of rotatable bonds is 2. The molecule has 0 amide bonds. The number of pyridine rings is 1. The number of aliphatic hydroxyl groups is 1. The fourth-order valence-corrected chi connectivity index (χ4v) is 1.99. The molecule has 0 aliphatic carbocycles. The zero-order chi connectivity index (χ0) is 11.5. The second-order valence-electron chi connectivity index (χ2n) is 3.99. The van der Waals surface area contributed by atoms with Crippen LogP contribution >= 0.6 is 0 Å². The summed E-state index contributed by atoms with van der Waals surface area (Å²) < 4.78 is 0. The minimum absolute atomic E-state index is 0.189. The van der Waals surface area contributed by atoms with Gasteiger partial charge in [0.15, 0.2) is 5.82 Å². The molecule has 2 rings (SSSR count). The molecule has 0 saturated carbocycles. The third-order valence-electron chi connectivity index (χ3n) is 2.93. The number of nitrogens with two attached hydrogens (primary N) is 1. The Balaban J connectivity index is 2.25. The largest absolute Gasteiger partial charge is 0.396 e. The molecule has 5 nitrogen and oxygen atoms in total. The first-order valence-corrected chi connectivity index (χ1v) is 5.26.